The molecule has 0 aliphatic heterocycles. The Labute approximate surface area is 159 Å². The zero-order valence-corrected chi connectivity index (χ0v) is 16.5. The van der Waals surface area contributed by atoms with Gasteiger partial charge >= 0.3 is 155 Å². The molecule has 1 nitrogen and oxygen atoms in total. The Bertz CT molecular complexity index is 1140. The molecule has 0 spiro atoms. The molecular weight excluding hydrogens is 432 g/mol. The van der Waals surface area contributed by atoms with Crippen molar-refractivity contribution < 1.29 is 5.48 Å². The molecule has 5 aromatic rings. The minimum absolute atomic E-state index is 0. The second-order valence-electron chi connectivity index (χ2n) is 6.16. The zero-order valence-electron chi connectivity index (χ0n) is 14.2. The molecule has 0 atom stereocenters. The van der Waals surface area contributed by atoms with Crippen molar-refractivity contribution in [1.82, 2.24) is 0 Å². The van der Waals surface area contributed by atoms with Crippen LogP contribution in [0.5, 0.6) is 0 Å². The van der Waals surface area contributed by atoms with Crippen molar-refractivity contribution in [1.29, 1.82) is 0 Å². The van der Waals surface area contributed by atoms with Crippen LogP contribution in [0.25, 0.3) is 32.3 Å². The summed E-state index contributed by atoms with van der Waals surface area (Å²) in [5.41, 5.74) is 2.71. The Hall–Kier alpha value is -2.37. The fraction of sp³-hybridized carbons (Fsp3) is 0. The van der Waals surface area contributed by atoms with Crippen molar-refractivity contribution in [2.24, 2.45) is 0 Å². The molecule has 1 heterocycles. The van der Waals surface area contributed by atoms with Crippen LogP contribution in [0.15, 0.2) is 103 Å². The Balaban J connectivity index is 0.00000168. The van der Waals surface area contributed by atoms with E-state index < -0.39 is 19.1 Å². The standard InChI is InChI=1S/C24H17Te.H2O/c1-2-10-18(11-3-1)19-12-4-7-15-22(19)25-23-16-8-5-13-20(23)21-14-6-9-17-24(21)25;/h1-17H;1H2/q+1;/p-1. The monoisotopic (exact) mass is 452 g/mol. The maximum absolute atomic E-state index is 2.36. The van der Waals surface area contributed by atoms with E-state index in [-0.39, 0.29) is 5.48 Å². The summed E-state index contributed by atoms with van der Waals surface area (Å²) in [6.07, 6.45) is 0. The number of benzene rings is 4. The number of fused-ring (bicyclic) bond motifs is 3. The maximum atomic E-state index is 2.36. The van der Waals surface area contributed by atoms with Crippen LogP contribution in [-0.4, -0.2) is 24.5 Å². The van der Waals surface area contributed by atoms with Gasteiger partial charge in [-0.25, -0.2) is 0 Å². The molecular formula is C24H18OTe. The zero-order chi connectivity index (χ0) is 16.6. The first-order valence-electron chi connectivity index (χ1n) is 8.51. The first-order valence-corrected chi connectivity index (χ1v) is 12.0. The quantitative estimate of drug-likeness (QED) is 0.294. The van der Waals surface area contributed by atoms with Crippen LogP contribution in [0.3, 0.4) is 0 Å². The van der Waals surface area contributed by atoms with Crippen molar-refractivity contribution in [3.63, 3.8) is 0 Å². The molecule has 0 unspecified atom stereocenters. The second-order valence-corrected chi connectivity index (χ2v) is 11.7. The molecule has 1 aromatic heterocycles. The predicted molar refractivity (Wildman–Crippen MR) is 112 cm³/mol. The number of hydrogen-bond donors (Lipinski definition) is 0. The van der Waals surface area contributed by atoms with Crippen LogP contribution in [0.4, 0.5) is 0 Å². The Kier molecular flexibility index (Phi) is 4.66. The topological polar surface area (TPSA) is 30.0 Å². The van der Waals surface area contributed by atoms with E-state index in [1.165, 1.54) is 21.9 Å². The van der Waals surface area contributed by atoms with Crippen LogP contribution in [0.1, 0.15) is 0 Å². The Morgan fingerprint density at radius 3 is 1.62 bits per heavy atom. The summed E-state index contributed by atoms with van der Waals surface area (Å²) >= 11 is -1.83. The van der Waals surface area contributed by atoms with Gasteiger partial charge in [-0.3, -0.25) is 0 Å². The Morgan fingerprint density at radius 2 is 0.962 bits per heavy atom. The second kappa shape index (κ2) is 7.09. The van der Waals surface area contributed by atoms with Crippen LogP contribution in [0.2, 0.25) is 0 Å². The summed E-state index contributed by atoms with van der Waals surface area (Å²) in [6.45, 7) is 0. The molecule has 26 heavy (non-hydrogen) atoms. The van der Waals surface area contributed by atoms with Gasteiger partial charge in [0.25, 0.3) is 0 Å². The van der Waals surface area contributed by atoms with E-state index in [1.807, 2.05) is 0 Å². The molecule has 0 fully saturated rings. The molecule has 0 aliphatic carbocycles. The summed E-state index contributed by atoms with van der Waals surface area (Å²) in [5, 5.41) is 2.88. The summed E-state index contributed by atoms with van der Waals surface area (Å²) in [4.78, 5) is 0. The van der Waals surface area contributed by atoms with Gasteiger partial charge in [0.05, 0.1) is 0 Å². The van der Waals surface area contributed by atoms with Gasteiger partial charge in [0, 0.05) is 0 Å². The third-order valence-corrected chi connectivity index (χ3v) is 11.5. The molecule has 5 rings (SSSR count). The van der Waals surface area contributed by atoms with E-state index in [9.17, 15) is 0 Å². The number of rotatable bonds is 2. The Morgan fingerprint density at radius 1 is 0.462 bits per heavy atom. The molecule has 4 aromatic carbocycles. The van der Waals surface area contributed by atoms with Crippen molar-refractivity contribution in [2.45, 2.75) is 0 Å². The molecule has 0 amide bonds. The summed E-state index contributed by atoms with van der Waals surface area (Å²) in [6, 6.07) is 37.8. The van der Waals surface area contributed by atoms with E-state index in [1.54, 1.807) is 10.4 Å². The average molecular weight is 450 g/mol. The molecule has 0 radical (unpaired) electrons. The normalized spacial score (nSPS) is 10.8. The summed E-state index contributed by atoms with van der Waals surface area (Å²) < 4.78 is 4.71. The first-order chi connectivity index (χ1) is 12.4. The molecule has 2 heteroatoms. The van der Waals surface area contributed by atoms with Gasteiger partial charge in [-0.2, -0.15) is 0 Å². The van der Waals surface area contributed by atoms with Crippen LogP contribution in [-0.2, 0) is 0 Å². The molecule has 0 saturated carbocycles. The molecule has 0 saturated heterocycles. The fourth-order valence-electron chi connectivity index (χ4n) is 3.59. The predicted octanol–water partition coefficient (Wildman–Crippen LogP) is 6.22. The molecule has 1 N–H and O–H groups in total. The van der Waals surface area contributed by atoms with E-state index >= 15 is 0 Å². The third-order valence-electron chi connectivity index (χ3n) is 4.70. The molecule has 0 aliphatic rings. The van der Waals surface area contributed by atoms with Crippen molar-refractivity contribution in [3.8, 4) is 14.7 Å². The van der Waals surface area contributed by atoms with Crippen LogP contribution < -0.4 is 0 Å². The van der Waals surface area contributed by atoms with Crippen LogP contribution >= 0.6 is 0 Å². The SMILES string of the molecule is [OH-].c1ccc(-c2ccccc2-[te+]2c3ccccc3c3ccccc32)cc1. The van der Waals surface area contributed by atoms with E-state index in [2.05, 4.69) is 103 Å². The van der Waals surface area contributed by atoms with Gasteiger partial charge < -0.3 is 5.48 Å². The average Bonchev–Trinajstić information content (AvgIpc) is 3.03. The fourth-order valence-corrected chi connectivity index (χ4v) is 10.9. The van der Waals surface area contributed by atoms with Crippen molar-refractivity contribution >= 4 is 36.6 Å². The van der Waals surface area contributed by atoms with Gasteiger partial charge in [0.2, 0.25) is 0 Å². The van der Waals surface area contributed by atoms with Crippen molar-refractivity contribution in [2.75, 3.05) is 0 Å². The van der Waals surface area contributed by atoms with Crippen molar-refractivity contribution in [3.05, 3.63) is 103 Å². The summed E-state index contributed by atoms with van der Waals surface area (Å²) in [5.74, 6) is 0. The van der Waals surface area contributed by atoms with E-state index in [4.69, 9.17) is 0 Å². The minimum atomic E-state index is -1.83. The van der Waals surface area contributed by atoms with Crippen LogP contribution in [0, 0.1) is 0 Å². The van der Waals surface area contributed by atoms with Gasteiger partial charge in [-0.1, -0.05) is 0 Å². The number of hydrogen-bond acceptors (Lipinski definition) is 1. The van der Waals surface area contributed by atoms with Gasteiger partial charge in [0.15, 0.2) is 0 Å². The van der Waals surface area contributed by atoms with Gasteiger partial charge in [-0.05, 0) is 0 Å². The first kappa shape index (κ1) is 17.1. The van der Waals surface area contributed by atoms with Gasteiger partial charge in [0.1, 0.15) is 0 Å². The molecule has 126 valence electrons. The third kappa shape index (κ3) is 2.68. The van der Waals surface area contributed by atoms with Gasteiger partial charge in [-0.15, -0.1) is 0 Å². The van der Waals surface area contributed by atoms with E-state index in [0.29, 0.717) is 0 Å². The summed E-state index contributed by atoms with van der Waals surface area (Å²) in [7, 11) is 0. The molecule has 0 bridgehead atoms. The van der Waals surface area contributed by atoms with E-state index in [0.717, 1.165) is 0 Å².